The zero-order valence-electron chi connectivity index (χ0n) is 12.6. The summed E-state index contributed by atoms with van der Waals surface area (Å²) in [5.74, 6) is 0.00726. The van der Waals surface area contributed by atoms with Gasteiger partial charge in [0.25, 0.3) is 5.91 Å². The van der Waals surface area contributed by atoms with Crippen LogP contribution in [0.5, 0.6) is 0 Å². The van der Waals surface area contributed by atoms with Crippen LogP contribution in [-0.4, -0.2) is 54.3 Å². The Balaban J connectivity index is 1.36. The average Bonchev–Trinajstić information content (AvgIpc) is 3.25. The van der Waals surface area contributed by atoms with Crippen molar-refractivity contribution in [2.45, 2.75) is 37.1 Å². The predicted octanol–water partition coefficient (Wildman–Crippen LogP) is -0.128. The van der Waals surface area contributed by atoms with Gasteiger partial charge < -0.3 is 20.1 Å². The average molecular weight is 317 g/mol. The van der Waals surface area contributed by atoms with Gasteiger partial charge in [-0.2, -0.15) is 0 Å². The van der Waals surface area contributed by atoms with E-state index in [9.17, 15) is 9.59 Å². The summed E-state index contributed by atoms with van der Waals surface area (Å²) in [6.07, 6.45) is 3.09. The fourth-order valence-corrected chi connectivity index (χ4v) is 3.13. The van der Waals surface area contributed by atoms with E-state index in [0.717, 1.165) is 12.8 Å². The minimum absolute atomic E-state index is 0.0869. The maximum atomic E-state index is 12.2. The van der Waals surface area contributed by atoms with Gasteiger partial charge in [-0.25, -0.2) is 0 Å². The lowest BCUT2D eigenvalue weighted by atomic mass is 10.1. The topological polar surface area (TPSA) is 89.5 Å². The summed E-state index contributed by atoms with van der Waals surface area (Å²) in [5, 5.41) is 5.92. The summed E-state index contributed by atoms with van der Waals surface area (Å²) in [4.78, 5) is 28.1. The number of hydrogen-bond acceptors (Lipinski definition) is 5. The van der Waals surface area contributed by atoms with E-state index in [-0.39, 0.29) is 42.0 Å². The van der Waals surface area contributed by atoms with Crippen molar-refractivity contribution in [2.24, 2.45) is 5.92 Å². The van der Waals surface area contributed by atoms with Crippen LogP contribution in [0.25, 0.3) is 0 Å². The fourth-order valence-electron chi connectivity index (χ4n) is 3.13. The molecule has 0 radical (unpaired) electrons. The highest BCUT2D eigenvalue weighted by molar-refractivity contribution is 5.92. The summed E-state index contributed by atoms with van der Waals surface area (Å²) < 4.78 is 11.5. The molecule has 0 unspecified atom stereocenters. The number of amides is 2. The molecule has 2 saturated heterocycles. The van der Waals surface area contributed by atoms with Crippen molar-refractivity contribution >= 4 is 11.8 Å². The molecule has 4 rings (SSSR count). The molecule has 1 aromatic heterocycles. The number of carbonyl (C=O) groups is 2. The molecular formula is C16H19N3O4. The van der Waals surface area contributed by atoms with Gasteiger partial charge in [-0.1, -0.05) is 6.07 Å². The Bertz CT molecular complexity index is 605. The highest BCUT2D eigenvalue weighted by Crippen LogP contribution is 2.31. The Labute approximate surface area is 133 Å². The lowest BCUT2D eigenvalue weighted by Crippen LogP contribution is -2.47. The van der Waals surface area contributed by atoms with Crippen LogP contribution < -0.4 is 10.6 Å². The van der Waals surface area contributed by atoms with Crippen molar-refractivity contribution in [3.8, 4) is 0 Å². The molecule has 23 heavy (non-hydrogen) atoms. The highest BCUT2D eigenvalue weighted by Gasteiger charge is 2.49. The molecule has 122 valence electrons. The van der Waals surface area contributed by atoms with Crippen LogP contribution in [0.15, 0.2) is 24.4 Å². The molecular weight excluding hydrogens is 298 g/mol. The van der Waals surface area contributed by atoms with Crippen molar-refractivity contribution in [1.29, 1.82) is 0 Å². The van der Waals surface area contributed by atoms with Crippen LogP contribution in [-0.2, 0) is 14.3 Å². The van der Waals surface area contributed by atoms with Crippen LogP contribution in [0.4, 0.5) is 0 Å². The monoisotopic (exact) mass is 317 g/mol. The third-order valence-corrected chi connectivity index (χ3v) is 4.54. The normalized spacial score (nSPS) is 32.3. The third kappa shape index (κ3) is 2.94. The number of aromatic nitrogens is 1. The van der Waals surface area contributed by atoms with Crippen LogP contribution in [0.1, 0.15) is 23.3 Å². The number of rotatable bonds is 4. The number of nitrogens with one attached hydrogen (secondary N) is 2. The Morgan fingerprint density at radius 3 is 2.35 bits per heavy atom. The molecule has 2 amide bonds. The fraction of sp³-hybridized carbons (Fsp3) is 0.562. The predicted molar refractivity (Wildman–Crippen MR) is 79.6 cm³/mol. The first-order valence-corrected chi connectivity index (χ1v) is 7.98. The zero-order chi connectivity index (χ0) is 15.8. The van der Waals surface area contributed by atoms with E-state index in [1.165, 1.54) is 0 Å². The second-order valence-corrected chi connectivity index (χ2v) is 6.28. The molecule has 7 heteroatoms. The first-order chi connectivity index (χ1) is 11.2. The van der Waals surface area contributed by atoms with Gasteiger partial charge in [0, 0.05) is 12.1 Å². The summed E-state index contributed by atoms with van der Waals surface area (Å²) in [6, 6.07) is 4.84. The van der Waals surface area contributed by atoms with E-state index < -0.39 is 0 Å². The number of carbonyl (C=O) groups excluding carboxylic acids is 2. The van der Waals surface area contributed by atoms with Crippen LogP contribution >= 0.6 is 0 Å². The first-order valence-electron chi connectivity index (χ1n) is 7.98. The number of fused-ring (bicyclic) bond motifs is 1. The second kappa shape index (κ2) is 5.90. The van der Waals surface area contributed by atoms with Crippen molar-refractivity contribution < 1.29 is 19.1 Å². The molecule has 0 bridgehead atoms. The van der Waals surface area contributed by atoms with Crippen LogP contribution in [0.2, 0.25) is 0 Å². The quantitative estimate of drug-likeness (QED) is 0.808. The maximum absolute atomic E-state index is 12.2. The Morgan fingerprint density at radius 2 is 1.74 bits per heavy atom. The molecule has 4 atom stereocenters. The van der Waals surface area contributed by atoms with Gasteiger partial charge in [-0.05, 0) is 25.0 Å². The van der Waals surface area contributed by atoms with E-state index in [1.807, 2.05) is 0 Å². The molecule has 0 aromatic carbocycles. The van der Waals surface area contributed by atoms with E-state index in [4.69, 9.17) is 9.47 Å². The highest BCUT2D eigenvalue weighted by atomic mass is 16.6. The smallest absolute Gasteiger partial charge is 0.270 e. The SMILES string of the molecule is O=C(N[C@H]1CO[C@H]2[C@@H]1OC[C@@H]2NC(=O)C1CC1)c1ccccn1. The molecule has 2 aliphatic heterocycles. The van der Waals surface area contributed by atoms with Crippen LogP contribution in [0.3, 0.4) is 0 Å². The molecule has 1 saturated carbocycles. The Hall–Kier alpha value is -1.99. The number of nitrogens with zero attached hydrogens (tertiary/aromatic N) is 1. The Kier molecular flexibility index (Phi) is 3.74. The zero-order valence-corrected chi connectivity index (χ0v) is 12.6. The molecule has 1 aromatic rings. The summed E-state index contributed by atoms with van der Waals surface area (Å²) >= 11 is 0. The first kappa shape index (κ1) is 14.6. The van der Waals surface area contributed by atoms with Gasteiger partial charge in [0.1, 0.15) is 17.9 Å². The van der Waals surface area contributed by atoms with Crippen molar-refractivity contribution in [1.82, 2.24) is 15.6 Å². The molecule has 7 nitrogen and oxygen atoms in total. The van der Waals surface area contributed by atoms with Gasteiger partial charge in [-0.15, -0.1) is 0 Å². The van der Waals surface area contributed by atoms with E-state index in [1.54, 1.807) is 24.4 Å². The van der Waals surface area contributed by atoms with Crippen LogP contribution in [0, 0.1) is 5.92 Å². The minimum atomic E-state index is -0.242. The van der Waals surface area contributed by atoms with Gasteiger partial charge >= 0.3 is 0 Å². The molecule has 3 heterocycles. The summed E-state index contributed by atoms with van der Waals surface area (Å²) in [5.41, 5.74) is 0.368. The Morgan fingerprint density at radius 1 is 1.04 bits per heavy atom. The van der Waals surface area contributed by atoms with E-state index in [0.29, 0.717) is 18.9 Å². The third-order valence-electron chi connectivity index (χ3n) is 4.54. The van der Waals surface area contributed by atoms with Gasteiger partial charge in [-0.3, -0.25) is 14.6 Å². The van der Waals surface area contributed by atoms with E-state index in [2.05, 4.69) is 15.6 Å². The van der Waals surface area contributed by atoms with Gasteiger partial charge in [0.05, 0.1) is 25.3 Å². The molecule has 0 spiro atoms. The molecule has 3 fully saturated rings. The number of ether oxygens (including phenoxy) is 2. The summed E-state index contributed by atoms with van der Waals surface area (Å²) in [6.45, 7) is 0.799. The van der Waals surface area contributed by atoms with E-state index >= 15 is 0 Å². The molecule has 3 aliphatic rings. The summed E-state index contributed by atoms with van der Waals surface area (Å²) in [7, 11) is 0. The molecule has 1 aliphatic carbocycles. The lowest BCUT2D eigenvalue weighted by molar-refractivity contribution is -0.123. The number of pyridine rings is 1. The minimum Gasteiger partial charge on any atom is -0.371 e. The maximum Gasteiger partial charge on any atom is 0.270 e. The standard InChI is InChI=1S/C16H19N3O4/c20-15(9-4-5-9)18-11-7-22-14-12(8-23-13(11)14)19-16(21)10-3-1-2-6-17-10/h1-3,6,9,11-14H,4-5,7-8H2,(H,18,20)(H,19,21)/t11-,12-,13+,14+/m0/s1. The van der Waals surface area contributed by atoms with Crippen molar-refractivity contribution in [2.75, 3.05) is 13.2 Å². The largest absolute Gasteiger partial charge is 0.371 e. The van der Waals surface area contributed by atoms with Gasteiger partial charge in [0.15, 0.2) is 0 Å². The van der Waals surface area contributed by atoms with Crippen molar-refractivity contribution in [3.63, 3.8) is 0 Å². The lowest BCUT2D eigenvalue weighted by Gasteiger charge is -2.18. The van der Waals surface area contributed by atoms with Gasteiger partial charge in [0.2, 0.25) is 5.91 Å². The number of hydrogen-bond donors (Lipinski definition) is 2. The second-order valence-electron chi connectivity index (χ2n) is 6.28. The van der Waals surface area contributed by atoms with Crippen molar-refractivity contribution in [3.05, 3.63) is 30.1 Å². The molecule has 2 N–H and O–H groups in total.